The summed E-state index contributed by atoms with van der Waals surface area (Å²) < 4.78 is 0. The lowest BCUT2D eigenvalue weighted by molar-refractivity contribution is 0.438. The summed E-state index contributed by atoms with van der Waals surface area (Å²) in [5.41, 5.74) is 7.73. The molecule has 0 aliphatic carbocycles. The third-order valence-electron chi connectivity index (χ3n) is 3.60. The first kappa shape index (κ1) is 12.3. The van der Waals surface area contributed by atoms with Gasteiger partial charge < -0.3 is 10.6 Å². The molecule has 1 aliphatic rings. The van der Waals surface area contributed by atoms with E-state index in [1.54, 1.807) is 0 Å². The molecule has 1 aromatic rings. The summed E-state index contributed by atoms with van der Waals surface area (Å²) in [6, 6.07) is 0.546. The summed E-state index contributed by atoms with van der Waals surface area (Å²) in [5.74, 6) is 1.02. The first-order chi connectivity index (χ1) is 8.22. The van der Waals surface area contributed by atoms with Crippen molar-refractivity contribution in [2.45, 2.75) is 45.6 Å². The van der Waals surface area contributed by atoms with Gasteiger partial charge in [0.05, 0.1) is 17.6 Å². The molecule has 2 heterocycles. The van der Waals surface area contributed by atoms with Crippen LogP contribution in [0.4, 0.5) is 5.82 Å². The second-order valence-electron chi connectivity index (χ2n) is 4.82. The largest absolute Gasteiger partial charge is 0.352 e. The van der Waals surface area contributed by atoms with E-state index in [4.69, 9.17) is 5.73 Å². The predicted octanol–water partition coefficient (Wildman–Crippen LogP) is 1.80. The van der Waals surface area contributed by atoms with Crippen LogP contribution in [0.25, 0.3) is 0 Å². The quantitative estimate of drug-likeness (QED) is 0.866. The Kier molecular flexibility index (Phi) is 3.94. The molecule has 4 heteroatoms. The molecule has 1 atom stereocenters. The van der Waals surface area contributed by atoms with E-state index in [2.05, 4.69) is 14.9 Å². The Morgan fingerprint density at radius 3 is 2.88 bits per heavy atom. The molecule has 17 heavy (non-hydrogen) atoms. The van der Waals surface area contributed by atoms with Gasteiger partial charge in [-0.05, 0) is 46.1 Å². The monoisotopic (exact) mass is 234 g/mol. The van der Waals surface area contributed by atoms with Crippen molar-refractivity contribution < 1.29 is 0 Å². The van der Waals surface area contributed by atoms with Crippen molar-refractivity contribution in [2.24, 2.45) is 5.73 Å². The number of aryl methyl sites for hydroxylation is 2. The normalized spacial score (nSPS) is 20.6. The van der Waals surface area contributed by atoms with Gasteiger partial charge in [-0.3, -0.25) is 4.98 Å². The minimum atomic E-state index is 0.546. The Balaban J connectivity index is 2.20. The lowest BCUT2D eigenvalue weighted by Crippen LogP contribution is -2.41. The summed E-state index contributed by atoms with van der Waals surface area (Å²) in [5, 5.41) is 0. The van der Waals surface area contributed by atoms with Crippen LogP contribution in [-0.4, -0.2) is 29.1 Å². The van der Waals surface area contributed by atoms with E-state index in [0.29, 0.717) is 6.04 Å². The van der Waals surface area contributed by atoms with Crippen molar-refractivity contribution in [2.75, 3.05) is 18.0 Å². The zero-order valence-corrected chi connectivity index (χ0v) is 10.8. The second kappa shape index (κ2) is 5.45. The topological polar surface area (TPSA) is 55.0 Å². The maximum atomic E-state index is 5.69. The van der Waals surface area contributed by atoms with Crippen molar-refractivity contribution in [3.8, 4) is 0 Å². The highest BCUT2D eigenvalue weighted by Gasteiger charge is 2.23. The van der Waals surface area contributed by atoms with Crippen molar-refractivity contribution >= 4 is 5.82 Å². The molecule has 0 bridgehead atoms. The number of aromatic nitrogens is 2. The minimum absolute atomic E-state index is 0.546. The van der Waals surface area contributed by atoms with E-state index < -0.39 is 0 Å². The highest BCUT2D eigenvalue weighted by Crippen LogP contribution is 2.24. The van der Waals surface area contributed by atoms with Gasteiger partial charge in [0.25, 0.3) is 0 Å². The highest BCUT2D eigenvalue weighted by molar-refractivity contribution is 5.39. The molecule has 0 aromatic carbocycles. The summed E-state index contributed by atoms with van der Waals surface area (Å²) >= 11 is 0. The van der Waals surface area contributed by atoms with Gasteiger partial charge in [0.1, 0.15) is 5.82 Å². The molecular weight excluding hydrogens is 212 g/mol. The Morgan fingerprint density at radius 2 is 2.18 bits per heavy atom. The smallest absolute Gasteiger partial charge is 0.147 e. The maximum absolute atomic E-state index is 5.69. The first-order valence-electron chi connectivity index (χ1n) is 6.49. The van der Waals surface area contributed by atoms with Crippen LogP contribution in [0.5, 0.6) is 0 Å². The number of nitrogens with two attached hydrogens (primary N) is 1. The molecule has 1 aliphatic heterocycles. The lowest BCUT2D eigenvalue weighted by Gasteiger charge is -2.36. The molecule has 2 rings (SSSR count). The van der Waals surface area contributed by atoms with Crippen LogP contribution < -0.4 is 10.6 Å². The number of piperidine rings is 1. The lowest BCUT2D eigenvalue weighted by atomic mass is 9.99. The van der Waals surface area contributed by atoms with Crippen molar-refractivity contribution in [1.82, 2.24) is 9.97 Å². The summed E-state index contributed by atoms with van der Waals surface area (Å²) in [4.78, 5) is 11.4. The van der Waals surface area contributed by atoms with Crippen molar-refractivity contribution in [3.05, 3.63) is 17.6 Å². The SMILES string of the molecule is Cc1ncc(N2CCCCC2CCN)nc1C. The molecular formula is C13H22N4. The highest BCUT2D eigenvalue weighted by atomic mass is 15.2. The number of hydrogen-bond donors (Lipinski definition) is 1. The average molecular weight is 234 g/mol. The molecule has 2 N–H and O–H groups in total. The van der Waals surface area contributed by atoms with Gasteiger partial charge in [-0.25, -0.2) is 4.98 Å². The molecule has 1 unspecified atom stereocenters. The van der Waals surface area contributed by atoms with E-state index in [0.717, 1.165) is 36.7 Å². The number of anilines is 1. The molecule has 0 amide bonds. The fraction of sp³-hybridized carbons (Fsp3) is 0.692. The molecule has 4 nitrogen and oxygen atoms in total. The molecule has 1 saturated heterocycles. The van der Waals surface area contributed by atoms with E-state index in [1.807, 2.05) is 20.0 Å². The number of rotatable bonds is 3. The Hall–Kier alpha value is -1.16. The van der Waals surface area contributed by atoms with Crippen molar-refractivity contribution in [1.29, 1.82) is 0 Å². The molecule has 0 saturated carbocycles. The third kappa shape index (κ3) is 2.75. The van der Waals surface area contributed by atoms with Gasteiger partial charge in [0.15, 0.2) is 0 Å². The van der Waals surface area contributed by atoms with Crippen molar-refractivity contribution in [3.63, 3.8) is 0 Å². The minimum Gasteiger partial charge on any atom is -0.352 e. The van der Waals surface area contributed by atoms with Crippen LogP contribution in [0.3, 0.4) is 0 Å². The van der Waals surface area contributed by atoms with E-state index in [-0.39, 0.29) is 0 Å². The third-order valence-corrected chi connectivity index (χ3v) is 3.60. The Morgan fingerprint density at radius 1 is 1.35 bits per heavy atom. The zero-order chi connectivity index (χ0) is 12.3. The van der Waals surface area contributed by atoms with Gasteiger partial charge >= 0.3 is 0 Å². The summed E-state index contributed by atoms with van der Waals surface area (Å²) in [7, 11) is 0. The zero-order valence-electron chi connectivity index (χ0n) is 10.8. The second-order valence-corrected chi connectivity index (χ2v) is 4.82. The molecule has 94 valence electrons. The first-order valence-corrected chi connectivity index (χ1v) is 6.49. The van der Waals surface area contributed by atoms with Crippen LogP contribution in [0.2, 0.25) is 0 Å². The fourth-order valence-corrected chi connectivity index (χ4v) is 2.46. The predicted molar refractivity (Wildman–Crippen MR) is 70.2 cm³/mol. The fourth-order valence-electron chi connectivity index (χ4n) is 2.46. The number of hydrogen-bond acceptors (Lipinski definition) is 4. The van der Waals surface area contributed by atoms with Crippen LogP contribution in [0, 0.1) is 13.8 Å². The number of nitrogens with zero attached hydrogens (tertiary/aromatic N) is 3. The van der Waals surface area contributed by atoms with Crippen LogP contribution in [0.1, 0.15) is 37.1 Å². The van der Waals surface area contributed by atoms with Gasteiger partial charge in [-0.1, -0.05) is 0 Å². The molecule has 0 spiro atoms. The van der Waals surface area contributed by atoms with E-state index in [1.165, 1.54) is 19.3 Å². The molecule has 0 radical (unpaired) electrons. The summed E-state index contributed by atoms with van der Waals surface area (Å²) in [6.45, 7) is 5.86. The molecule has 1 fully saturated rings. The summed E-state index contributed by atoms with van der Waals surface area (Å²) in [6.07, 6.45) is 6.73. The maximum Gasteiger partial charge on any atom is 0.147 e. The van der Waals surface area contributed by atoms with Crippen LogP contribution >= 0.6 is 0 Å². The average Bonchev–Trinajstić information content (AvgIpc) is 2.34. The standard InChI is InChI=1S/C13H22N4/c1-10-11(2)16-13(9-15-10)17-8-4-3-5-12(17)6-7-14/h9,12H,3-8,14H2,1-2H3. The van der Waals surface area contributed by atoms with E-state index in [9.17, 15) is 0 Å². The van der Waals surface area contributed by atoms with Gasteiger partial charge in [-0.15, -0.1) is 0 Å². The van der Waals surface area contributed by atoms with E-state index >= 15 is 0 Å². The Bertz CT molecular complexity index is 376. The van der Waals surface area contributed by atoms with Gasteiger partial charge in [0.2, 0.25) is 0 Å². The van der Waals surface area contributed by atoms with Crippen LogP contribution in [0.15, 0.2) is 6.20 Å². The van der Waals surface area contributed by atoms with Gasteiger partial charge in [0, 0.05) is 12.6 Å². The Labute approximate surface area is 103 Å². The van der Waals surface area contributed by atoms with Crippen LogP contribution in [-0.2, 0) is 0 Å². The molecule has 1 aromatic heterocycles. The van der Waals surface area contributed by atoms with Gasteiger partial charge in [-0.2, -0.15) is 0 Å².